The maximum atomic E-state index is 12.8. The smallest absolute Gasteiger partial charge is 0.348 e. The van der Waals surface area contributed by atoms with Gasteiger partial charge in [0.1, 0.15) is 0 Å². The van der Waals surface area contributed by atoms with Gasteiger partial charge in [-0.15, -0.1) is 0 Å². The second kappa shape index (κ2) is 5.73. The summed E-state index contributed by atoms with van der Waals surface area (Å²) >= 11 is 2.85. The number of likely N-dealkylation sites (N-methyl/N-ethyl adjacent to an activating group) is 1. The van der Waals surface area contributed by atoms with E-state index in [0.29, 0.717) is 6.54 Å². The van der Waals surface area contributed by atoms with Crippen LogP contribution in [0.2, 0.25) is 0 Å². The lowest BCUT2D eigenvalue weighted by molar-refractivity contribution is -0.138. The van der Waals surface area contributed by atoms with Gasteiger partial charge in [0.2, 0.25) is 0 Å². The molecule has 0 aromatic heterocycles. The molecule has 0 spiro atoms. The van der Waals surface area contributed by atoms with E-state index in [1.165, 1.54) is 12.1 Å². The van der Waals surface area contributed by atoms with Crippen LogP contribution in [0.3, 0.4) is 0 Å². The molecule has 1 fully saturated rings. The second-order valence-electron chi connectivity index (χ2n) is 4.91. The van der Waals surface area contributed by atoms with Crippen molar-refractivity contribution >= 4 is 21.8 Å². The maximum Gasteiger partial charge on any atom is 0.417 e. The Kier molecular flexibility index (Phi) is 4.39. The molecule has 2 rings (SSSR count). The largest absolute Gasteiger partial charge is 0.417 e. The van der Waals surface area contributed by atoms with E-state index in [4.69, 9.17) is 0 Å². The number of carbonyl (C=O) groups excluding carboxylic acids is 1. The average molecular weight is 351 g/mol. The van der Waals surface area contributed by atoms with Crippen LogP contribution in [0.25, 0.3) is 0 Å². The number of benzene rings is 1. The Morgan fingerprint density at radius 1 is 1.45 bits per heavy atom. The van der Waals surface area contributed by atoms with Crippen LogP contribution in [-0.4, -0.2) is 37.0 Å². The van der Waals surface area contributed by atoms with Crippen molar-refractivity contribution in [3.63, 3.8) is 0 Å². The van der Waals surface area contributed by atoms with Crippen LogP contribution in [0.5, 0.6) is 0 Å². The minimum absolute atomic E-state index is 0.00881. The van der Waals surface area contributed by atoms with Crippen LogP contribution >= 0.6 is 15.9 Å². The number of hydrogen-bond acceptors (Lipinski definition) is 2. The summed E-state index contributed by atoms with van der Waals surface area (Å²) in [5, 5.41) is 2.76. The van der Waals surface area contributed by atoms with Crippen molar-refractivity contribution in [3.8, 4) is 0 Å². The molecule has 1 atom stereocenters. The van der Waals surface area contributed by atoms with Gasteiger partial charge in [-0.1, -0.05) is 15.9 Å². The van der Waals surface area contributed by atoms with E-state index in [-0.39, 0.29) is 16.1 Å². The van der Waals surface area contributed by atoms with E-state index < -0.39 is 17.6 Å². The Labute approximate surface area is 123 Å². The quantitative estimate of drug-likeness (QED) is 0.889. The molecule has 3 nitrogen and oxygen atoms in total. The molecule has 1 N–H and O–H groups in total. The molecule has 0 aliphatic carbocycles. The first-order valence-corrected chi connectivity index (χ1v) is 6.93. The highest BCUT2D eigenvalue weighted by Crippen LogP contribution is 2.35. The van der Waals surface area contributed by atoms with Crippen molar-refractivity contribution in [1.29, 1.82) is 0 Å². The summed E-state index contributed by atoms with van der Waals surface area (Å²) in [6.45, 7) is 1.59. The van der Waals surface area contributed by atoms with Crippen molar-refractivity contribution in [2.75, 3.05) is 20.1 Å². The van der Waals surface area contributed by atoms with Gasteiger partial charge in [-0.2, -0.15) is 13.2 Å². The first kappa shape index (κ1) is 15.3. The molecule has 1 unspecified atom stereocenters. The van der Waals surface area contributed by atoms with Gasteiger partial charge >= 0.3 is 6.18 Å². The van der Waals surface area contributed by atoms with E-state index in [0.717, 1.165) is 19.0 Å². The highest BCUT2D eigenvalue weighted by Gasteiger charge is 2.33. The van der Waals surface area contributed by atoms with Crippen molar-refractivity contribution in [2.45, 2.75) is 18.6 Å². The number of nitrogens with zero attached hydrogens (tertiary/aromatic N) is 1. The van der Waals surface area contributed by atoms with E-state index >= 15 is 0 Å². The van der Waals surface area contributed by atoms with Gasteiger partial charge in [0.15, 0.2) is 0 Å². The van der Waals surface area contributed by atoms with Gasteiger partial charge in [0.05, 0.1) is 5.56 Å². The Hall–Kier alpha value is -1.08. The van der Waals surface area contributed by atoms with Crippen LogP contribution in [0.1, 0.15) is 22.3 Å². The number of amides is 1. The van der Waals surface area contributed by atoms with Crippen LogP contribution in [-0.2, 0) is 6.18 Å². The third-order valence-corrected chi connectivity index (χ3v) is 3.95. The number of likely N-dealkylation sites (tertiary alicyclic amines) is 1. The van der Waals surface area contributed by atoms with Gasteiger partial charge in [-0.05, 0) is 38.2 Å². The minimum Gasteiger partial charge on any atom is -0.348 e. The number of rotatable bonds is 2. The summed E-state index contributed by atoms with van der Waals surface area (Å²) in [6.07, 6.45) is -3.67. The number of hydrogen-bond donors (Lipinski definition) is 1. The molecule has 1 amide bonds. The molecule has 1 heterocycles. The molecule has 1 aliphatic rings. The summed E-state index contributed by atoms with van der Waals surface area (Å²) in [7, 11) is 1.94. The monoisotopic (exact) mass is 350 g/mol. The predicted octanol–water partition coefficient (Wildman–Crippen LogP) is 2.90. The molecule has 0 radical (unpaired) electrons. The summed E-state index contributed by atoms with van der Waals surface area (Å²) in [4.78, 5) is 14.0. The van der Waals surface area contributed by atoms with Crippen molar-refractivity contribution in [3.05, 3.63) is 33.8 Å². The molecule has 0 bridgehead atoms. The third kappa shape index (κ3) is 3.52. The highest BCUT2D eigenvalue weighted by atomic mass is 79.9. The van der Waals surface area contributed by atoms with Crippen molar-refractivity contribution in [2.24, 2.45) is 0 Å². The summed E-state index contributed by atoms with van der Waals surface area (Å²) in [5.74, 6) is -0.469. The van der Waals surface area contributed by atoms with E-state index in [2.05, 4.69) is 26.1 Å². The van der Waals surface area contributed by atoms with E-state index in [1.807, 2.05) is 7.05 Å². The molecule has 1 aromatic rings. The minimum atomic E-state index is -4.48. The first-order valence-electron chi connectivity index (χ1n) is 6.13. The normalized spacial score (nSPS) is 20.1. The number of carbonyl (C=O) groups is 1. The molecule has 7 heteroatoms. The van der Waals surface area contributed by atoms with Crippen molar-refractivity contribution < 1.29 is 18.0 Å². The fourth-order valence-corrected chi connectivity index (χ4v) is 2.68. The second-order valence-corrected chi connectivity index (χ2v) is 5.77. The zero-order valence-electron chi connectivity index (χ0n) is 10.8. The molecule has 1 saturated heterocycles. The number of alkyl halides is 3. The molecule has 1 aromatic carbocycles. The first-order chi connectivity index (χ1) is 9.27. The van der Waals surface area contributed by atoms with E-state index in [1.54, 1.807) is 0 Å². The SMILES string of the molecule is CN1CCC(NC(=O)c2ccc(Br)c(C(F)(F)F)c2)C1. The van der Waals surface area contributed by atoms with Gasteiger partial charge in [0.25, 0.3) is 5.91 Å². The summed E-state index contributed by atoms with van der Waals surface area (Å²) in [6, 6.07) is 3.50. The van der Waals surface area contributed by atoms with Crippen LogP contribution in [0.15, 0.2) is 22.7 Å². The Bertz CT molecular complexity index is 519. The molecule has 0 saturated carbocycles. The molecular weight excluding hydrogens is 337 g/mol. The zero-order chi connectivity index (χ0) is 14.9. The molecule has 20 heavy (non-hydrogen) atoms. The number of nitrogens with one attached hydrogen (secondary N) is 1. The Balaban J connectivity index is 2.14. The van der Waals surface area contributed by atoms with Gasteiger partial charge in [-0.3, -0.25) is 4.79 Å². The Morgan fingerprint density at radius 2 is 2.15 bits per heavy atom. The Morgan fingerprint density at radius 3 is 2.70 bits per heavy atom. The molecule has 1 aliphatic heterocycles. The van der Waals surface area contributed by atoms with Crippen LogP contribution in [0, 0.1) is 0 Å². The summed E-state index contributed by atoms with van der Waals surface area (Å²) in [5.41, 5.74) is -0.816. The predicted molar refractivity (Wildman–Crippen MR) is 72.5 cm³/mol. The lowest BCUT2D eigenvalue weighted by atomic mass is 10.1. The number of halogens is 4. The average Bonchev–Trinajstić information content (AvgIpc) is 2.73. The van der Waals surface area contributed by atoms with Gasteiger partial charge in [-0.25, -0.2) is 0 Å². The van der Waals surface area contributed by atoms with Gasteiger partial charge < -0.3 is 10.2 Å². The third-order valence-electron chi connectivity index (χ3n) is 3.26. The topological polar surface area (TPSA) is 32.3 Å². The van der Waals surface area contributed by atoms with Crippen molar-refractivity contribution in [1.82, 2.24) is 10.2 Å². The summed E-state index contributed by atoms with van der Waals surface area (Å²) < 4.78 is 38.3. The maximum absolute atomic E-state index is 12.8. The molecule has 110 valence electrons. The standard InChI is InChI=1S/C13H14BrF3N2O/c1-19-5-4-9(7-19)18-12(20)8-2-3-11(14)10(6-8)13(15,16)17/h2-3,6,9H,4-5,7H2,1H3,(H,18,20). The fraction of sp³-hybridized carbons (Fsp3) is 0.462. The van der Waals surface area contributed by atoms with Crippen LogP contribution < -0.4 is 5.32 Å². The fourth-order valence-electron chi connectivity index (χ4n) is 2.21. The van der Waals surface area contributed by atoms with Crippen LogP contribution in [0.4, 0.5) is 13.2 Å². The molecular formula is C13H14BrF3N2O. The zero-order valence-corrected chi connectivity index (χ0v) is 12.4. The lowest BCUT2D eigenvalue weighted by Gasteiger charge is -2.14. The van der Waals surface area contributed by atoms with E-state index in [9.17, 15) is 18.0 Å². The highest BCUT2D eigenvalue weighted by molar-refractivity contribution is 9.10. The lowest BCUT2D eigenvalue weighted by Crippen LogP contribution is -2.36. The van der Waals surface area contributed by atoms with Gasteiger partial charge in [0, 0.05) is 22.6 Å².